The van der Waals surface area contributed by atoms with Gasteiger partial charge in [-0.2, -0.15) is 0 Å². The number of nitrogens with one attached hydrogen (secondary N) is 1. The molecule has 2 amide bonds. The van der Waals surface area contributed by atoms with Crippen LogP contribution in [0.15, 0.2) is 47.4 Å². The van der Waals surface area contributed by atoms with Gasteiger partial charge in [0.1, 0.15) is 0 Å². The average molecular weight is 399 g/mol. The number of fused-ring (bicyclic) bond motifs is 1. The maximum absolute atomic E-state index is 12.6. The van der Waals surface area contributed by atoms with Gasteiger partial charge in [-0.15, -0.1) is 0 Å². The van der Waals surface area contributed by atoms with E-state index in [1.165, 1.54) is 18.2 Å². The molecular weight excluding hydrogens is 386 g/mol. The van der Waals surface area contributed by atoms with Crippen LogP contribution in [0.5, 0.6) is 11.5 Å². The Kier molecular flexibility index (Phi) is 4.62. The lowest BCUT2D eigenvalue weighted by atomic mass is 10.2. The first kappa shape index (κ1) is 17.9. The predicted molar refractivity (Wildman–Crippen MR) is 102 cm³/mol. The van der Waals surface area contributed by atoms with Crippen LogP contribution >= 0.6 is 11.8 Å². The van der Waals surface area contributed by atoms with E-state index in [9.17, 15) is 19.7 Å². The van der Waals surface area contributed by atoms with Crippen molar-refractivity contribution in [2.75, 3.05) is 18.8 Å². The summed E-state index contributed by atoms with van der Waals surface area (Å²) in [5, 5.41) is 13.3. The first-order valence-electron chi connectivity index (χ1n) is 8.14. The number of anilines is 1. The molecule has 0 aromatic heterocycles. The van der Waals surface area contributed by atoms with Gasteiger partial charge in [0.15, 0.2) is 11.5 Å². The number of thioether (sulfide) groups is 1. The number of nitrogens with zero attached hydrogens (tertiary/aromatic N) is 2. The van der Waals surface area contributed by atoms with E-state index in [0.29, 0.717) is 22.7 Å². The molecule has 0 saturated carbocycles. The number of nitro benzene ring substituents is 1. The lowest BCUT2D eigenvalue weighted by Crippen LogP contribution is -2.33. The number of amides is 2. The number of benzene rings is 2. The van der Waals surface area contributed by atoms with Gasteiger partial charge in [-0.05, 0) is 41.6 Å². The first-order valence-corrected chi connectivity index (χ1v) is 8.96. The Bertz CT molecular complexity index is 1020. The molecule has 0 aliphatic carbocycles. The monoisotopic (exact) mass is 399 g/mol. The Morgan fingerprint density at radius 3 is 2.82 bits per heavy atom. The van der Waals surface area contributed by atoms with E-state index in [0.717, 1.165) is 16.7 Å². The molecule has 2 aliphatic rings. The van der Waals surface area contributed by atoms with E-state index in [2.05, 4.69) is 5.32 Å². The number of rotatable bonds is 5. The van der Waals surface area contributed by atoms with Crippen LogP contribution in [0.4, 0.5) is 16.2 Å². The molecule has 1 fully saturated rings. The zero-order valence-electron chi connectivity index (χ0n) is 14.3. The van der Waals surface area contributed by atoms with Gasteiger partial charge >= 0.3 is 0 Å². The van der Waals surface area contributed by atoms with Gasteiger partial charge in [-0.25, -0.2) is 0 Å². The van der Waals surface area contributed by atoms with Gasteiger partial charge in [0.05, 0.1) is 16.5 Å². The third kappa shape index (κ3) is 3.49. The number of hydrogen-bond donors (Lipinski definition) is 1. The van der Waals surface area contributed by atoms with Gasteiger partial charge in [0.2, 0.25) is 6.79 Å². The van der Waals surface area contributed by atoms with Crippen molar-refractivity contribution in [1.82, 2.24) is 4.90 Å². The molecule has 28 heavy (non-hydrogen) atoms. The lowest BCUT2D eigenvalue weighted by Gasteiger charge is -2.14. The Balaban J connectivity index is 1.47. The van der Waals surface area contributed by atoms with E-state index < -0.39 is 16.1 Å². The molecule has 4 rings (SSSR count). The summed E-state index contributed by atoms with van der Waals surface area (Å²) in [5.74, 6) is 0.775. The second-order valence-corrected chi connectivity index (χ2v) is 6.86. The standard InChI is InChI=1S/C18H13N3O6S/c22-17-16(7-11-4-5-14-15(6-11)27-10-26-14)28-18(23)20(17)9-19-12-2-1-3-13(8-12)21(24)25/h1-8,19H,9-10H2/b16-7+. The third-order valence-electron chi connectivity index (χ3n) is 4.07. The summed E-state index contributed by atoms with van der Waals surface area (Å²) in [6, 6.07) is 11.1. The number of hydrogen-bond acceptors (Lipinski definition) is 8. The summed E-state index contributed by atoms with van der Waals surface area (Å²) in [7, 11) is 0. The molecule has 1 saturated heterocycles. The molecule has 142 valence electrons. The van der Waals surface area contributed by atoms with Crippen LogP contribution < -0.4 is 14.8 Å². The maximum Gasteiger partial charge on any atom is 0.295 e. The van der Waals surface area contributed by atoms with Crippen LogP contribution in [0.2, 0.25) is 0 Å². The highest BCUT2D eigenvalue weighted by Gasteiger charge is 2.35. The van der Waals surface area contributed by atoms with Gasteiger partial charge in [-0.1, -0.05) is 12.1 Å². The van der Waals surface area contributed by atoms with Crippen LogP contribution in [0.3, 0.4) is 0 Å². The SMILES string of the molecule is O=C1S/C(=C/c2ccc3c(c2)OCO3)C(=O)N1CNc1cccc([N+](=O)[O-])c1. The van der Waals surface area contributed by atoms with E-state index >= 15 is 0 Å². The highest BCUT2D eigenvalue weighted by Crippen LogP contribution is 2.36. The molecule has 9 nitrogen and oxygen atoms in total. The largest absolute Gasteiger partial charge is 0.454 e. The van der Waals surface area contributed by atoms with Crippen LogP contribution in [-0.4, -0.2) is 34.4 Å². The molecule has 10 heteroatoms. The highest BCUT2D eigenvalue weighted by atomic mass is 32.2. The topological polar surface area (TPSA) is 111 Å². The fourth-order valence-electron chi connectivity index (χ4n) is 2.69. The second kappa shape index (κ2) is 7.24. The van der Waals surface area contributed by atoms with Crippen molar-refractivity contribution in [1.29, 1.82) is 0 Å². The average Bonchev–Trinajstić information content (AvgIpc) is 3.25. The van der Waals surface area contributed by atoms with Crippen molar-refractivity contribution < 1.29 is 24.0 Å². The number of carbonyl (C=O) groups excluding carboxylic acids is 2. The predicted octanol–water partition coefficient (Wildman–Crippen LogP) is 3.43. The lowest BCUT2D eigenvalue weighted by molar-refractivity contribution is -0.384. The zero-order chi connectivity index (χ0) is 19.7. The molecule has 0 bridgehead atoms. The van der Waals surface area contributed by atoms with Gasteiger partial charge < -0.3 is 14.8 Å². The molecule has 0 spiro atoms. The van der Waals surface area contributed by atoms with Crippen LogP contribution in [0.1, 0.15) is 5.56 Å². The second-order valence-electron chi connectivity index (χ2n) is 5.86. The van der Waals surface area contributed by atoms with E-state index in [1.54, 1.807) is 30.3 Å². The summed E-state index contributed by atoms with van der Waals surface area (Å²) < 4.78 is 10.6. The fraction of sp³-hybridized carbons (Fsp3) is 0.111. The number of nitro groups is 1. The van der Waals surface area contributed by atoms with Crippen molar-refractivity contribution in [3.05, 3.63) is 63.0 Å². The first-order chi connectivity index (χ1) is 13.5. The molecule has 0 radical (unpaired) electrons. The number of non-ortho nitro benzene ring substituents is 1. The van der Waals surface area contributed by atoms with Crippen LogP contribution in [0.25, 0.3) is 6.08 Å². The van der Waals surface area contributed by atoms with Gasteiger partial charge in [-0.3, -0.25) is 24.6 Å². The Hall–Kier alpha value is -3.53. The summed E-state index contributed by atoms with van der Waals surface area (Å²) >= 11 is 0.831. The normalized spacial score (nSPS) is 16.7. The smallest absolute Gasteiger partial charge is 0.295 e. The van der Waals surface area contributed by atoms with Crippen molar-refractivity contribution in [3.8, 4) is 11.5 Å². The van der Waals surface area contributed by atoms with Crippen LogP contribution in [-0.2, 0) is 4.79 Å². The summed E-state index contributed by atoms with van der Waals surface area (Å²) in [4.78, 5) is 36.4. The Labute approximate surface area is 163 Å². The minimum atomic E-state index is -0.514. The molecule has 2 aromatic rings. The van der Waals surface area contributed by atoms with E-state index in [4.69, 9.17) is 9.47 Å². The van der Waals surface area contributed by atoms with E-state index in [1.807, 2.05) is 0 Å². The number of carbonyl (C=O) groups is 2. The molecule has 0 atom stereocenters. The molecule has 2 aromatic carbocycles. The Morgan fingerprint density at radius 2 is 2.00 bits per heavy atom. The summed E-state index contributed by atoms with van der Waals surface area (Å²) in [5.41, 5.74) is 1.07. The number of ether oxygens (including phenoxy) is 2. The zero-order valence-corrected chi connectivity index (χ0v) is 15.1. The van der Waals surface area contributed by atoms with Crippen molar-refractivity contribution in [3.63, 3.8) is 0 Å². The Morgan fingerprint density at radius 1 is 1.18 bits per heavy atom. The highest BCUT2D eigenvalue weighted by molar-refractivity contribution is 8.18. The van der Waals surface area contributed by atoms with Crippen molar-refractivity contribution in [2.24, 2.45) is 0 Å². The van der Waals surface area contributed by atoms with Gasteiger partial charge in [0, 0.05) is 17.8 Å². The van der Waals surface area contributed by atoms with Gasteiger partial charge in [0.25, 0.3) is 16.8 Å². The van der Waals surface area contributed by atoms with E-state index in [-0.39, 0.29) is 24.1 Å². The third-order valence-corrected chi connectivity index (χ3v) is 4.97. The minimum Gasteiger partial charge on any atom is -0.454 e. The molecular formula is C18H13N3O6S. The van der Waals surface area contributed by atoms with Crippen molar-refractivity contribution in [2.45, 2.75) is 0 Å². The molecule has 2 heterocycles. The molecule has 2 aliphatic heterocycles. The quantitative estimate of drug-likeness (QED) is 0.462. The fourth-order valence-corrected chi connectivity index (χ4v) is 3.53. The minimum absolute atomic E-state index is 0.0816. The van der Waals surface area contributed by atoms with Crippen LogP contribution in [0, 0.1) is 10.1 Å². The van der Waals surface area contributed by atoms with Crippen molar-refractivity contribution >= 4 is 40.4 Å². The summed E-state index contributed by atoms with van der Waals surface area (Å²) in [6.45, 7) is 0.0585. The molecule has 0 unspecified atom stereocenters. The molecule has 1 N–H and O–H groups in total. The maximum atomic E-state index is 12.6. The summed E-state index contributed by atoms with van der Waals surface area (Å²) in [6.07, 6.45) is 1.61. The number of imide groups is 1.